The van der Waals surface area contributed by atoms with Gasteiger partial charge in [-0.05, 0) is 40.5 Å². The number of nitrogens with zero attached hydrogens (tertiary/aromatic N) is 1. The second-order valence-electron chi connectivity index (χ2n) is 4.20. The van der Waals surface area contributed by atoms with E-state index < -0.39 is 0 Å². The molecule has 3 N–H and O–H groups in total. The Morgan fingerprint density at radius 3 is 2.67 bits per heavy atom. The molecule has 1 aromatic rings. The van der Waals surface area contributed by atoms with E-state index in [2.05, 4.69) is 20.8 Å². The van der Waals surface area contributed by atoms with Gasteiger partial charge in [0.05, 0.1) is 18.9 Å². The summed E-state index contributed by atoms with van der Waals surface area (Å²) in [5.74, 6) is 0. The number of aliphatic hydroxyl groups excluding tert-OH is 1. The predicted molar refractivity (Wildman–Crippen MR) is 77.9 cm³/mol. The fourth-order valence-electron chi connectivity index (χ4n) is 1.74. The Bertz CT molecular complexity index is 372. The number of aliphatic hydroxyl groups is 1. The van der Waals surface area contributed by atoms with E-state index in [0.717, 1.165) is 22.3 Å². The van der Waals surface area contributed by atoms with E-state index in [0.29, 0.717) is 13.2 Å². The molecule has 1 rings (SSSR count). The zero-order valence-corrected chi connectivity index (χ0v) is 12.5. The first-order valence-electron chi connectivity index (χ1n) is 6.00. The minimum Gasteiger partial charge on any atom is -0.395 e. The first-order chi connectivity index (χ1) is 8.60. The SMILES string of the molecule is COCCN(CCO)c1ccc([C@H](C)N)cc1Br. The second kappa shape index (κ2) is 7.74. The molecule has 0 fully saturated rings. The van der Waals surface area contributed by atoms with Crippen LogP contribution in [0.3, 0.4) is 0 Å². The molecule has 0 bridgehead atoms. The summed E-state index contributed by atoms with van der Waals surface area (Å²) in [5.41, 5.74) is 7.98. The number of anilines is 1. The van der Waals surface area contributed by atoms with Gasteiger partial charge >= 0.3 is 0 Å². The maximum absolute atomic E-state index is 9.11. The molecule has 5 heteroatoms. The number of halogens is 1. The van der Waals surface area contributed by atoms with Gasteiger partial charge in [0, 0.05) is 30.7 Å². The average Bonchev–Trinajstić information content (AvgIpc) is 2.34. The summed E-state index contributed by atoms with van der Waals surface area (Å²) in [7, 11) is 1.67. The normalized spacial score (nSPS) is 12.5. The van der Waals surface area contributed by atoms with Crippen LogP contribution in [0.4, 0.5) is 5.69 Å². The van der Waals surface area contributed by atoms with Crippen molar-refractivity contribution in [1.82, 2.24) is 0 Å². The average molecular weight is 317 g/mol. The quantitative estimate of drug-likeness (QED) is 0.807. The summed E-state index contributed by atoms with van der Waals surface area (Å²) in [5, 5.41) is 9.11. The van der Waals surface area contributed by atoms with Gasteiger partial charge < -0.3 is 20.5 Å². The Hall–Kier alpha value is -0.620. The van der Waals surface area contributed by atoms with Crippen molar-refractivity contribution >= 4 is 21.6 Å². The zero-order chi connectivity index (χ0) is 13.5. The van der Waals surface area contributed by atoms with Crippen LogP contribution in [0, 0.1) is 0 Å². The highest BCUT2D eigenvalue weighted by Crippen LogP contribution is 2.28. The molecule has 0 radical (unpaired) electrons. The molecule has 102 valence electrons. The lowest BCUT2D eigenvalue weighted by molar-refractivity contribution is 0.203. The van der Waals surface area contributed by atoms with Crippen LogP contribution in [0.2, 0.25) is 0 Å². The molecule has 1 atom stereocenters. The van der Waals surface area contributed by atoms with E-state index in [1.807, 2.05) is 25.1 Å². The van der Waals surface area contributed by atoms with Crippen LogP contribution >= 0.6 is 15.9 Å². The van der Waals surface area contributed by atoms with Crippen LogP contribution in [0.5, 0.6) is 0 Å². The Morgan fingerprint density at radius 2 is 2.17 bits per heavy atom. The van der Waals surface area contributed by atoms with E-state index in [9.17, 15) is 0 Å². The number of nitrogens with two attached hydrogens (primary N) is 1. The highest BCUT2D eigenvalue weighted by atomic mass is 79.9. The van der Waals surface area contributed by atoms with Crippen molar-refractivity contribution in [2.75, 3.05) is 38.3 Å². The Balaban J connectivity index is 2.90. The van der Waals surface area contributed by atoms with Crippen molar-refractivity contribution in [2.24, 2.45) is 5.73 Å². The van der Waals surface area contributed by atoms with Gasteiger partial charge in [-0.1, -0.05) is 6.07 Å². The Labute approximate surface area is 117 Å². The van der Waals surface area contributed by atoms with Crippen LogP contribution in [0.1, 0.15) is 18.5 Å². The molecule has 0 spiro atoms. The zero-order valence-electron chi connectivity index (χ0n) is 10.9. The maximum Gasteiger partial charge on any atom is 0.0637 e. The smallest absolute Gasteiger partial charge is 0.0637 e. The van der Waals surface area contributed by atoms with Gasteiger partial charge in [0.15, 0.2) is 0 Å². The van der Waals surface area contributed by atoms with E-state index in [-0.39, 0.29) is 12.6 Å². The number of hydrogen-bond acceptors (Lipinski definition) is 4. The lowest BCUT2D eigenvalue weighted by Crippen LogP contribution is -2.30. The third-order valence-corrected chi connectivity index (χ3v) is 3.41. The largest absolute Gasteiger partial charge is 0.395 e. The summed E-state index contributed by atoms with van der Waals surface area (Å²) in [6.45, 7) is 4.03. The third-order valence-electron chi connectivity index (χ3n) is 2.77. The number of hydrogen-bond donors (Lipinski definition) is 2. The highest BCUT2D eigenvalue weighted by Gasteiger charge is 2.11. The fourth-order valence-corrected chi connectivity index (χ4v) is 2.38. The summed E-state index contributed by atoms with van der Waals surface area (Å²) >= 11 is 3.56. The molecule has 0 saturated heterocycles. The monoisotopic (exact) mass is 316 g/mol. The molecule has 0 aliphatic carbocycles. The van der Waals surface area contributed by atoms with Crippen molar-refractivity contribution in [3.8, 4) is 0 Å². The Morgan fingerprint density at radius 1 is 1.44 bits per heavy atom. The minimum atomic E-state index is 0.0145. The fraction of sp³-hybridized carbons (Fsp3) is 0.538. The molecule has 0 amide bonds. The lowest BCUT2D eigenvalue weighted by Gasteiger charge is -2.25. The molecule has 0 aliphatic heterocycles. The van der Waals surface area contributed by atoms with Crippen LogP contribution in [-0.4, -0.2) is 38.5 Å². The first kappa shape index (κ1) is 15.4. The summed E-state index contributed by atoms with van der Waals surface area (Å²) in [4.78, 5) is 2.08. The van der Waals surface area contributed by atoms with E-state index >= 15 is 0 Å². The summed E-state index contributed by atoms with van der Waals surface area (Å²) in [6.07, 6.45) is 0. The number of methoxy groups -OCH3 is 1. The van der Waals surface area contributed by atoms with E-state index in [1.165, 1.54) is 0 Å². The van der Waals surface area contributed by atoms with Gasteiger partial charge in [0.1, 0.15) is 0 Å². The van der Waals surface area contributed by atoms with E-state index in [1.54, 1.807) is 7.11 Å². The van der Waals surface area contributed by atoms with Crippen molar-refractivity contribution in [3.05, 3.63) is 28.2 Å². The molecule has 0 unspecified atom stereocenters. The van der Waals surface area contributed by atoms with Crippen LogP contribution in [0.15, 0.2) is 22.7 Å². The van der Waals surface area contributed by atoms with Crippen molar-refractivity contribution < 1.29 is 9.84 Å². The summed E-state index contributed by atoms with van der Waals surface area (Å²) < 4.78 is 6.07. The molecule has 0 aromatic heterocycles. The van der Waals surface area contributed by atoms with Crippen molar-refractivity contribution in [2.45, 2.75) is 13.0 Å². The van der Waals surface area contributed by atoms with Crippen LogP contribution in [0.25, 0.3) is 0 Å². The van der Waals surface area contributed by atoms with Gasteiger partial charge in [0.25, 0.3) is 0 Å². The molecule has 0 aliphatic rings. The number of benzene rings is 1. The first-order valence-corrected chi connectivity index (χ1v) is 6.79. The summed E-state index contributed by atoms with van der Waals surface area (Å²) in [6, 6.07) is 6.08. The maximum atomic E-state index is 9.11. The molecule has 18 heavy (non-hydrogen) atoms. The van der Waals surface area contributed by atoms with Gasteiger partial charge in [-0.2, -0.15) is 0 Å². The minimum absolute atomic E-state index is 0.0145. The predicted octanol–water partition coefficient (Wildman–Crippen LogP) is 1.91. The third kappa shape index (κ3) is 4.24. The van der Waals surface area contributed by atoms with Crippen LogP contribution in [-0.2, 0) is 4.74 Å². The molecular formula is C13H21BrN2O2. The van der Waals surface area contributed by atoms with Crippen molar-refractivity contribution in [3.63, 3.8) is 0 Å². The Kier molecular flexibility index (Phi) is 6.63. The van der Waals surface area contributed by atoms with E-state index in [4.69, 9.17) is 15.6 Å². The lowest BCUT2D eigenvalue weighted by atomic mass is 10.1. The molecule has 4 nitrogen and oxygen atoms in total. The number of ether oxygens (including phenoxy) is 1. The van der Waals surface area contributed by atoms with Crippen molar-refractivity contribution in [1.29, 1.82) is 0 Å². The highest BCUT2D eigenvalue weighted by molar-refractivity contribution is 9.10. The number of rotatable bonds is 7. The molecule has 1 aromatic carbocycles. The van der Waals surface area contributed by atoms with Gasteiger partial charge in [-0.3, -0.25) is 0 Å². The topological polar surface area (TPSA) is 58.7 Å². The standard InChI is InChI=1S/C13H21BrN2O2/c1-10(15)11-3-4-13(12(14)9-11)16(5-7-17)6-8-18-2/h3-4,9-10,17H,5-8,15H2,1-2H3/t10-/m0/s1. The molecule has 0 heterocycles. The van der Waals surface area contributed by atoms with Crippen LogP contribution < -0.4 is 10.6 Å². The van der Waals surface area contributed by atoms with Gasteiger partial charge in [-0.25, -0.2) is 0 Å². The molecule has 0 saturated carbocycles. The van der Waals surface area contributed by atoms with Gasteiger partial charge in [-0.15, -0.1) is 0 Å². The van der Waals surface area contributed by atoms with Gasteiger partial charge in [0.2, 0.25) is 0 Å². The molecular weight excluding hydrogens is 296 g/mol. The second-order valence-corrected chi connectivity index (χ2v) is 5.06.